The summed E-state index contributed by atoms with van der Waals surface area (Å²) < 4.78 is 6.09. The molecule has 0 amide bonds. The van der Waals surface area contributed by atoms with Crippen LogP contribution in [0.5, 0.6) is 0 Å². The lowest BCUT2D eigenvalue weighted by Gasteiger charge is -2.31. The summed E-state index contributed by atoms with van der Waals surface area (Å²) in [4.78, 5) is 0.524. The van der Waals surface area contributed by atoms with E-state index in [1.54, 1.807) is 0 Å². The Labute approximate surface area is 97.8 Å². The maximum atomic E-state index is 9.81. The molecular weight excluding hydrogens is 256 g/mol. The minimum absolute atomic E-state index is 0.290. The first-order valence-electron chi connectivity index (χ1n) is 5.87. The van der Waals surface area contributed by atoms with Gasteiger partial charge in [-0.3, -0.25) is 0 Å². The number of hydrogen-bond donors (Lipinski definition) is 1. The maximum absolute atomic E-state index is 9.81. The third-order valence-corrected chi connectivity index (χ3v) is 6.18. The average molecular weight is 271 g/mol. The maximum Gasteiger partial charge on any atom is 0.0801 e. The smallest absolute Gasteiger partial charge is 0.0801 e. The van der Waals surface area contributed by atoms with E-state index < -0.39 is 0 Å². The predicted octanol–water partition coefficient (Wildman–Crippen LogP) is 1.72. The molecule has 1 heterocycles. The third kappa shape index (κ3) is 0.899. The molecule has 1 N–H and O–H groups in total. The molecule has 82 valence electrons. The highest BCUT2D eigenvalue weighted by Crippen LogP contribution is 2.66. The van der Waals surface area contributed by atoms with Gasteiger partial charge >= 0.3 is 0 Å². The Balaban J connectivity index is 1.82. The summed E-state index contributed by atoms with van der Waals surface area (Å²) in [5.41, 5.74) is 1.25. The van der Waals surface area contributed by atoms with Gasteiger partial charge in [0.25, 0.3) is 0 Å². The van der Waals surface area contributed by atoms with Gasteiger partial charge in [0.2, 0.25) is 0 Å². The summed E-state index contributed by atoms with van der Waals surface area (Å²) in [6.07, 6.45) is 3.98. The van der Waals surface area contributed by atoms with Crippen molar-refractivity contribution in [1.29, 1.82) is 0 Å². The molecule has 0 aromatic heterocycles. The summed E-state index contributed by atoms with van der Waals surface area (Å²) in [5.74, 6) is 2.75. The molecule has 8 atom stereocenters. The first-order chi connectivity index (χ1) is 7.18. The van der Waals surface area contributed by atoms with E-state index in [-0.39, 0.29) is 6.10 Å². The fourth-order valence-electron chi connectivity index (χ4n) is 4.57. The van der Waals surface area contributed by atoms with Gasteiger partial charge < -0.3 is 9.84 Å². The Morgan fingerprint density at radius 2 is 2.33 bits per heavy atom. The summed E-state index contributed by atoms with van der Waals surface area (Å²) in [6.45, 7) is 1.89. The Morgan fingerprint density at radius 1 is 1.53 bits per heavy atom. The van der Waals surface area contributed by atoms with Crippen molar-refractivity contribution in [1.82, 2.24) is 0 Å². The van der Waals surface area contributed by atoms with E-state index in [0.29, 0.717) is 34.8 Å². The van der Waals surface area contributed by atoms with Crippen LogP contribution in [-0.4, -0.2) is 28.2 Å². The summed E-state index contributed by atoms with van der Waals surface area (Å²) in [5, 5.41) is 9.81. The zero-order valence-corrected chi connectivity index (χ0v) is 10.2. The van der Waals surface area contributed by atoms with Crippen LogP contribution in [0.2, 0.25) is 0 Å². The van der Waals surface area contributed by atoms with Crippen LogP contribution in [0.3, 0.4) is 0 Å². The van der Waals surface area contributed by atoms with Gasteiger partial charge in [-0.05, 0) is 36.7 Å². The molecule has 0 unspecified atom stereocenters. The minimum atomic E-state index is -0.290. The van der Waals surface area contributed by atoms with Gasteiger partial charge in [0.1, 0.15) is 0 Å². The van der Waals surface area contributed by atoms with E-state index in [1.165, 1.54) is 12.0 Å². The molecule has 3 heteroatoms. The Morgan fingerprint density at radius 3 is 3.07 bits per heavy atom. The highest BCUT2D eigenvalue weighted by Gasteiger charge is 2.67. The van der Waals surface area contributed by atoms with Crippen LogP contribution >= 0.6 is 15.9 Å². The van der Waals surface area contributed by atoms with Gasteiger partial charge in [-0.25, -0.2) is 0 Å². The molecule has 15 heavy (non-hydrogen) atoms. The highest BCUT2D eigenvalue weighted by atomic mass is 79.9. The monoisotopic (exact) mass is 270 g/mol. The first-order valence-corrected chi connectivity index (χ1v) is 6.79. The molecule has 2 bridgehead atoms. The molecule has 3 fully saturated rings. The average Bonchev–Trinajstić information content (AvgIpc) is 2.81. The molecule has 3 aliphatic carbocycles. The quantitative estimate of drug-likeness (QED) is 0.581. The number of hydrogen-bond acceptors (Lipinski definition) is 2. The van der Waals surface area contributed by atoms with Crippen molar-refractivity contribution in [3.8, 4) is 0 Å². The van der Waals surface area contributed by atoms with Crippen LogP contribution in [0.4, 0.5) is 0 Å². The summed E-state index contributed by atoms with van der Waals surface area (Å²) in [7, 11) is 0. The molecular formula is C12H15BrO2. The number of aliphatic hydroxyl groups is 1. The van der Waals surface area contributed by atoms with E-state index >= 15 is 0 Å². The molecule has 2 nitrogen and oxygen atoms in total. The molecule has 1 saturated heterocycles. The Kier molecular flexibility index (Phi) is 1.65. The van der Waals surface area contributed by atoms with E-state index in [1.807, 2.05) is 6.92 Å². The number of alkyl halides is 1. The van der Waals surface area contributed by atoms with Crippen LogP contribution in [0, 0.1) is 23.7 Å². The second kappa shape index (κ2) is 2.69. The van der Waals surface area contributed by atoms with Gasteiger partial charge in [0.05, 0.1) is 18.3 Å². The fourth-order valence-corrected chi connectivity index (χ4v) is 5.63. The SMILES string of the molecule is C[C@@H](O)C1=C[C@@H]2O[C@@H]3[C@@H](Br)[C@H]4C[C@@H]3[C@@H]2[C@@H]14. The molecule has 1 aliphatic heterocycles. The summed E-state index contributed by atoms with van der Waals surface area (Å²) in [6, 6.07) is 0. The van der Waals surface area contributed by atoms with Crippen LogP contribution in [-0.2, 0) is 4.74 Å². The van der Waals surface area contributed by atoms with Gasteiger partial charge in [0, 0.05) is 10.7 Å². The van der Waals surface area contributed by atoms with Gasteiger partial charge in [-0.2, -0.15) is 0 Å². The van der Waals surface area contributed by atoms with Crippen molar-refractivity contribution in [2.75, 3.05) is 0 Å². The normalized spacial score (nSPS) is 61.3. The van der Waals surface area contributed by atoms with E-state index in [0.717, 1.165) is 5.92 Å². The second-order valence-corrected chi connectivity index (χ2v) is 6.58. The highest BCUT2D eigenvalue weighted by molar-refractivity contribution is 9.09. The van der Waals surface area contributed by atoms with Crippen molar-refractivity contribution in [3.63, 3.8) is 0 Å². The largest absolute Gasteiger partial charge is 0.389 e. The van der Waals surface area contributed by atoms with Crippen molar-refractivity contribution < 1.29 is 9.84 Å². The lowest BCUT2D eigenvalue weighted by atomic mass is 9.77. The van der Waals surface area contributed by atoms with E-state index in [4.69, 9.17) is 4.74 Å². The van der Waals surface area contributed by atoms with Gasteiger partial charge in [-0.15, -0.1) is 0 Å². The summed E-state index contributed by atoms with van der Waals surface area (Å²) >= 11 is 3.79. The zero-order valence-electron chi connectivity index (χ0n) is 8.64. The zero-order chi connectivity index (χ0) is 10.3. The van der Waals surface area contributed by atoms with Crippen LogP contribution in [0.15, 0.2) is 11.6 Å². The molecule has 0 spiro atoms. The lowest BCUT2D eigenvalue weighted by molar-refractivity contribution is 0.0685. The van der Waals surface area contributed by atoms with Crippen molar-refractivity contribution >= 4 is 15.9 Å². The second-order valence-electron chi connectivity index (χ2n) is 5.52. The lowest BCUT2D eigenvalue weighted by Crippen LogP contribution is -2.35. The Bertz CT molecular complexity index is 352. The molecule has 0 aromatic carbocycles. The molecule has 0 aromatic rings. The van der Waals surface area contributed by atoms with Crippen LogP contribution < -0.4 is 0 Å². The fraction of sp³-hybridized carbons (Fsp3) is 0.833. The van der Waals surface area contributed by atoms with Gasteiger partial charge in [-0.1, -0.05) is 22.0 Å². The Hall–Kier alpha value is 0.140. The van der Waals surface area contributed by atoms with Crippen LogP contribution in [0.25, 0.3) is 0 Å². The first kappa shape index (κ1) is 9.20. The number of halogens is 1. The van der Waals surface area contributed by atoms with Crippen molar-refractivity contribution in [2.45, 2.75) is 36.5 Å². The molecule has 0 radical (unpaired) electrons. The molecule has 2 saturated carbocycles. The predicted molar refractivity (Wildman–Crippen MR) is 59.7 cm³/mol. The van der Waals surface area contributed by atoms with Crippen molar-refractivity contribution in [3.05, 3.63) is 11.6 Å². The topological polar surface area (TPSA) is 29.5 Å². The molecule has 4 aliphatic rings. The standard InChI is InChI=1S/C12H15BrO2/c1-4(14)5-3-8-10-7-2-6(9(5)10)11(13)12(7)15-8/h3-4,6-12,14H,2H2,1H3/t4-,6+,7-,8+,9+,10+,11+,12+/m1/s1. The van der Waals surface area contributed by atoms with Gasteiger partial charge in [0.15, 0.2) is 0 Å². The number of aliphatic hydroxyl groups excluding tert-OH is 1. The molecule has 4 rings (SSSR count). The van der Waals surface area contributed by atoms with Crippen molar-refractivity contribution in [2.24, 2.45) is 23.7 Å². The third-order valence-electron chi connectivity index (χ3n) is 4.98. The van der Waals surface area contributed by atoms with E-state index in [9.17, 15) is 5.11 Å². The number of fused-ring (bicyclic) bond motifs is 2. The number of ether oxygens (including phenoxy) is 1. The minimum Gasteiger partial charge on any atom is -0.389 e. The van der Waals surface area contributed by atoms with E-state index in [2.05, 4.69) is 22.0 Å². The number of rotatable bonds is 1. The van der Waals surface area contributed by atoms with Crippen LogP contribution in [0.1, 0.15) is 13.3 Å².